The molecule has 2 N–H and O–H groups in total. The second-order valence-electron chi connectivity index (χ2n) is 7.99. The molecule has 0 aromatic heterocycles. The number of amides is 3. The predicted octanol–water partition coefficient (Wildman–Crippen LogP) is 4.55. The van der Waals surface area contributed by atoms with E-state index in [9.17, 15) is 24.5 Å². The highest BCUT2D eigenvalue weighted by molar-refractivity contribution is 6.04. The molecule has 0 aliphatic carbocycles. The van der Waals surface area contributed by atoms with Crippen molar-refractivity contribution in [2.75, 3.05) is 18.5 Å². The summed E-state index contributed by atoms with van der Waals surface area (Å²) in [6.45, 7) is 6.14. The van der Waals surface area contributed by atoms with Gasteiger partial charge in [-0.1, -0.05) is 25.5 Å². The molecule has 0 saturated carbocycles. The minimum atomic E-state index is -0.754. The second kappa shape index (κ2) is 11.3. The number of benzene rings is 2. The number of nitrogens with zero attached hydrogens (tertiary/aromatic N) is 2. The summed E-state index contributed by atoms with van der Waals surface area (Å²) in [6.07, 6.45) is 1.68. The minimum absolute atomic E-state index is 0.113. The van der Waals surface area contributed by atoms with Gasteiger partial charge in [0.05, 0.1) is 23.1 Å². The fourth-order valence-corrected chi connectivity index (χ4v) is 3.82. The second-order valence-corrected chi connectivity index (χ2v) is 7.99. The number of hydrogen-bond donors (Lipinski definition) is 2. The van der Waals surface area contributed by atoms with Crippen molar-refractivity contribution in [3.05, 3.63) is 81.0 Å². The Balaban J connectivity index is 1.90. The lowest BCUT2D eigenvalue weighted by atomic mass is 9.94. The highest BCUT2D eigenvalue weighted by Gasteiger charge is 2.36. The van der Waals surface area contributed by atoms with Crippen LogP contribution in [0.3, 0.4) is 0 Å². The summed E-state index contributed by atoms with van der Waals surface area (Å²) < 4.78 is 5.28. The van der Waals surface area contributed by atoms with E-state index < -0.39 is 22.8 Å². The van der Waals surface area contributed by atoms with Gasteiger partial charge in [-0.15, -0.1) is 0 Å². The van der Waals surface area contributed by atoms with Gasteiger partial charge in [-0.25, -0.2) is 9.59 Å². The molecular weight excluding hydrogens is 452 g/mol. The van der Waals surface area contributed by atoms with Crippen LogP contribution in [0.15, 0.2) is 59.8 Å². The Morgan fingerprint density at radius 1 is 1.17 bits per heavy atom. The molecule has 1 heterocycles. The Bertz CT molecular complexity index is 1160. The monoisotopic (exact) mass is 480 g/mol. The molecule has 1 aliphatic rings. The number of rotatable bonds is 9. The molecular formula is C25H28N4O6. The van der Waals surface area contributed by atoms with Crippen LogP contribution in [0.5, 0.6) is 0 Å². The molecule has 0 unspecified atom stereocenters. The van der Waals surface area contributed by atoms with E-state index in [-0.39, 0.29) is 23.9 Å². The van der Waals surface area contributed by atoms with Gasteiger partial charge in [-0.3, -0.25) is 19.8 Å². The molecule has 35 heavy (non-hydrogen) atoms. The first-order valence-corrected chi connectivity index (χ1v) is 11.4. The van der Waals surface area contributed by atoms with Crippen molar-refractivity contribution in [3.8, 4) is 0 Å². The quantitative estimate of drug-likeness (QED) is 0.308. The third-order valence-corrected chi connectivity index (χ3v) is 5.65. The number of allylic oxidation sites excluding steroid dienone is 1. The molecule has 10 heteroatoms. The minimum Gasteiger partial charge on any atom is -0.463 e. The maximum absolute atomic E-state index is 12.9. The van der Waals surface area contributed by atoms with Crippen LogP contribution in [0.2, 0.25) is 0 Å². The summed E-state index contributed by atoms with van der Waals surface area (Å²) >= 11 is 0. The van der Waals surface area contributed by atoms with Crippen LogP contribution in [-0.2, 0) is 9.53 Å². The molecule has 0 spiro atoms. The molecule has 0 fully saturated rings. The Hall–Kier alpha value is -4.21. The van der Waals surface area contributed by atoms with Crippen LogP contribution in [0.1, 0.15) is 55.6 Å². The lowest BCUT2D eigenvalue weighted by molar-refractivity contribution is -0.384. The zero-order chi connectivity index (χ0) is 25.5. The van der Waals surface area contributed by atoms with E-state index in [0.717, 1.165) is 12.8 Å². The van der Waals surface area contributed by atoms with Crippen LogP contribution in [0.4, 0.5) is 16.2 Å². The molecule has 2 aromatic carbocycles. The molecule has 2 aromatic rings. The number of ether oxygens (including phenoxy) is 1. The first kappa shape index (κ1) is 25.4. The van der Waals surface area contributed by atoms with E-state index in [1.807, 2.05) is 6.92 Å². The molecule has 1 atom stereocenters. The summed E-state index contributed by atoms with van der Waals surface area (Å²) in [7, 11) is 0. The number of nitro benzene ring substituents is 1. The van der Waals surface area contributed by atoms with E-state index in [1.54, 1.807) is 43.0 Å². The smallest absolute Gasteiger partial charge is 0.338 e. The lowest BCUT2D eigenvalue weighted by Crippen LogP contribution is -2.48. The summed E-state index contributed by atoms with van der Waals surface area (Å²) in [6, 6.07) is 11.0. The number of esters is 1. The summed E-state index contributed by atoms with van der Waals surface area (Å²) in [4.78, 5) is 50.2. The molecule has 184 valence electrons. The van der Waals surface area contributed by atoms with Gasteiger partial charge < -0.3 is 15.4 Å². The fraction of sp³-hybridized carbons (Fsp3) is 0.320. The van der Waals surface area contributed by atoms with Crippen molar-refractivity contribution < 1.29 is 24.0 Å². The number of hydrogen-bond acceptors (Lipinski definition) is 6. The molecule has 0 saturated heterocycles. The van der Waals surface area contributed by atoms with Gasteiger partial charge in [0.1, 0.15) is 0 Å². The largest absolute Gasteiger partial charge is 0.463 e. The SMILES string of the molecule is CCCCN1C(=O)N[C@H](c2cccc(NC(=O)c3ccc([N+](=O)[O-])cc3)c2)C(C(=O)OCC)=C1C. The number of urea groups is 1. The zero-order valence-corrected chi connectivity index (χ0v) is 19.9. The highest BCUT2D eigenvalue weighted by Crippen LogP contribution is 2.32. The molecule has 1 aliphatic heterocycles. The van der Waals surface area contributed by atoms with Crippen molar-refractivity contribution in [3.63, 3.8) is 0 Å². The lowest BCUT2D eigenvalue weighted by Gasteiger charge is -2.35. The maximum atomic E-state index is 12.9. The number of non-ortho nitro benzene ring substituents is 1. The van der Waals surface area contributed by atoms with Crippen LogP contribution in [0, 0.1) is 10.1 Å². The number of nitrogens with one attached hydrogen (secondary N) is 2. The van der Waals surface area contributed by atoms with Gasteiger partial charge >= 0.3 is 12.0 Å². The highest BCUT2D eigenvalue weighted by atomic mass is 16.6. The Kier molecular flexibility index (Phi) is 8.19. The van der Waals surface area contributed by atoms with Crippen molar-refractivity contribution in [1.82, 2.24) is 10.2 Å². The van der Waals surface area contributed by atoms with Crippen LogP contribution < -0.4 is 10.6 Å². The zero-order valence-electron chi connectivity index (χ0n) is 19.9. The van der Waals surface area contributed by atoms with Crippen LogP contribution >= 0.6 is 0 Å². The average Bonchev–Trinajstić information content (AvgIpc) is 2.84. The number of carbonyl (C=O) groups excluding carboxylic acids is 3. The molecule has 3 rings (SSSR count). The first-order valence-electron chi connectivity index (χ1n) is 11.4. The third-order valence-electron chi connectivity index (χ3n) is 5.65. The van der Waals surface area contributed by atoms with Gasteiger partial charge in [0, 0.05) is 35.6 Å². The normalized spacial score (nSPS) is 15.5. The van der Waals surface area contributed by atoms with Crippen LogP contribution in [-0.4, -0.2) is 40.9 Å². The van der Waals surface area contributed by atoms with Crippen molar-refractivity contribution in [2.45, 2.75) is 39.7 Å². The van der Waals surface area contributed by atoms with Crippen molar-refractivity contribution in [1.29, 1.82) is 0 Å². The molecule has 3 amide bonds. The Morgan fingerprint density at radius 2 is 1.89 bits per heavy atom. The number of unbranched alkanes of at least 4 members (excludes halogenated alkanes) is 1. The summed E-state index contributed by atoms with van der Waals surface area (Å²) in [5, 5.41) is 16.5. The number of carbonyl (C=O) groups is 3. The summed E-state index contributed by atoms with van der Waals surface area (Å²) in [5.74, 6) is -0.968. The van der Waals surface area contributed by atoms with Crippen molar-refractivity contribution >= 4 is 29.3 Å². The number of nitro groups is 1. The van der Waals surface area contributed by atoms with Gasteiger partial charge in [-0.05, 0) is 50.1 Å². The van der Waals surface area contributed by atoms with Crippen molar-refractivity contribution in [2.24, 2.45) is 0 Å². The predicted molar refractivity (Wildman–Crippen MR) is 130 cm³/mol. The first-order chi connectivity index (χ1) is 16.8. The third kappa shape index (κ3) is 5.84. The van der Waals surface area contributed by atoms with E-state index in [2.05, 4.69) is 10.6 Å². The molecule has 0 bridgehead atoms. The molecule has 0 radical (unpaired) electrons. The van der Waals surface area contributed by atoms with Gasteiger partial charge in [0.15, 0.2) is 0 Å². The Labute approximate surface area is 203 Å². The van der Waals surface area contributed by atoms with Gasteiger partial charge in [0.25, 0.3) is 11.6 Å². The maximum Gasteiger partial charge on any atom is 0.338 e. The fourth-order valence-electron chi connectivity index (χ4n) is 3.82. The van der Waals surface area contributed by atoms with Gasteiger partial charge in [0.2, 0.25) is 0 Å². The van der Waals surface area contributed by atoms with E-state index in [4.69, 9.17) is 4.74 Å². The molecule has 10 nitrogen and oxygen atoms in total. The van der Waals surface area contributed by atoms with E-state index in [1.165, 1.54) is 24.3 Å². The van der Waals surface area contributed by atoms with Gasteiger partial charge in [-0.2, -0.15) is 0 Å². The number of anilines is 1. The van der Waals surface area contributed by atoms with Crippen LogP contribution in [0.25, 0.3) is 0 Å². The van der Waals surface area contributed by atoms with E-state index in [0.29, 0.717) is 29.1 Å². The Morgan fingerprint density at radius 3 is 2.51 bits per heavy atom. The summed E-state index contributed by atoms with van der Waals surface area (Å²) in [5.41, 5.74) is 2.04. The van der Waals surface area contributed by atoms with E-state index >= 15 is 0 Å². The topological polar surface area (TPSA) is 131 Å². The average molecular weight is 481 g/mol. The standard InChI is InChI=1S/C25H28N4O6/c1-4-6-14-28-16(3)21(24(31)35-5-2)22(27-25(28)32)18-8-7-9-19(15-18)26-23(30)17-10-12-20(13-11-17)29(33)34/h7-13,15,22H,4-6,14H2,1-3H3,(H,26,30)(H,27,32)/t22-/m1/s1.